The van der Waals surface area contributed by atoms with Crippen LogP contribution in [0.1, 0.15) is 6.92 Å². The Morgan fingerprint density at radius 2 is 2.07 bits per heavy atom. The Hall–Kier alpha value is -3.06. The Balaban J connectivity index is 1.52. The van der Waals surface area contributed by atoms with Crippen LogP contribution in [0.4, 0.5) is 10.1 Å². The summed E-state index contributed by atoms with van der Waals surface area (Å²) < 4.78 is 16.0. The molecule has 1 unspecified atom stereocenters. The van der Waals surface area contributed by atoms with E-state index >= 15 is 0 Å². The fraction of sp³-hybridized carbons (Fsp3) is 0.286. The standard InChI is InChI=1S/C21H21FN6/c1-13-11-28(6-5-23-13)17-3-4-19-15(8-17)10-24-21(25-19)14-7-16-12-27(2)26-20(16)18(22)9-14/h3-4,7-10,12-13,23H,5-6,11H2,1-2H3. The molecule has 0 saturated carbocycles. The topological polar surface area (TPSA) is 58.9 Å². The molecule has 5 rings (SSSR count). The molecule has 1 N–H and O–H groups in total. The van der Waals surface area contributed by atoms with Crippen molar-refractivity contribution < 1.29 is 4.39 Å². The van der Waals surface area contributed by atoms with Crippen molar-refractivity contribution in [3.63, 3.8) is 0 Å². The minimum absolute atomic E-state index is 0.361. The van der Waals surface area contributed by atoms with Gasteiger partial charge >= 0.3 is 0 Å². The molecule has 142 valence electrons. The zero-order chi connectivity index (χ0) is 19.3. The fourth-order valence-corrected chi connectivity index (χ4v) is 3.86. The van der Waals surface area contributed by atoms with Gasteiger partial charge in [-0.1, -0.05) is 0 Å². The molecule has 0 aliphatic carbocycles. The Kier molecular flexibility index (Phi) is 3.98. The van der Waals surface area contributed by atoms with E-state index in [1.165, 1.54) is 11.8 Å². The van der Waals surface area contributed by atoms with E-state index in [4.69, 9.17) is 0 Å². The first-order chi connectivity index (χ1) is 13.6. The molecule has 2 aromatic carbocycles. The Labute approximate surface area is 162 Å². The van der Waals surface area contributed by atoms with Gasteiger partial charge in [-0.05, 0) is 37.3 Å². The number of anilines is 1. The van der Waals surface area contributed by atoms with Crippen LogP contribution in [0.25, 0.3) is 33.2 Å². The van der Waals surface area contributed by atoms with Gasteiger partial charge in [-0.25, -0.2) is 14.4 Å². The molecular weight excluding hydrogens is 355 g/mol. The smallest absolute Gasteiger partial charge is 0.159 e. The van der Waals surface area contributed by atoms with E-state index in [0.29, 0.717) is 22.9 Å². The summed E-state index contributed by atoms with van der Waals surface area (Å²) in [5.41, 5.74) is 3.05. The maximum absolute atomic E-state index is 14.4. The molecule has 0 amide bonds. The van der Waals surface area contributed by atoms with Gasteiger partial charge in [0, 0.05) is 67.1 Å². The van der Waals surface area contributed by atoms with E-state index < -0.39 is 0 Å². The van der Waals surface area contributed by atoms with Crippen molar-refractivity contribution in [2.75, 3.05) is 24.5 Å². The van der Waals surface area contributed by atoms with Crippen molar-refractivity contribution >= 4 is 27.5 Å². The first-order valence-corrected chi connectivity index (χ1v) is 9.45. The predicted molar refractivity (Wildman–Crippen MR) is 109 cm³/mol. The normalized spacial score (nSPS) is 17.5. The van der Waals surface area contributed by atoms with Gasteiger partial charge in [-0.2, -0.15) is 5.10 Å². The summed E-state index contributed by atoms with van der Waals surface area (Å²) in [5, 5.41) is 9.33. The van der Waals surface area contributed by atoms with Crippen LogP contribution in [0.15, 0.2) is 42.7 Å². The average Bonchev–Trinajstić information content (AvgIpc) is 3.08. The van der Waals surface area contributed by atoms with Crippen molar-refractivity contribution in [1.82, 2.24) is 25.1 Å². The number of fused-ring (bicyclic) bond motifs is 2. The third kappa shape index (κ3) is 2.97. The van der Waals surface area contributed by atoms with Crippen LogP contribution in [0.2, 0.25) is 0 Å². The first-order valence-electron chi connectivity index (χ1n) is 9.45. The van der Waals surface area contributed by atoms with Crippen LogP contribution in [-0.4, -0.2) is 45.4 Å². The second-order valence-electron chi connectivity index (χ2n) is 7.44. The first kappa shape index (κ1) is 17.1. The zero-order valence-electron chi connectivity index (χ0n) is 15.9. The fourth-order valence-electron chi connectivity index (χ4n) is 3.86. The van der Waals surface area contributed by atoms with Gasteiger partial charge in [0.05, 0.1) is 5.52 Å². The predicted octanol–water partition coefficient (Wildman–Crippen LogP) is 3.12. The van der Waals surface area contributed by atoms with Crippen LogP contribution in [0.5, 0.6) is 0 Å². The molecule has 0 bridgehead atoms. The molecule has 1 aliphatic heterocycles. The van der Waals surface area contributed by atoms with E-state index in [0.717, 1.165) is 35.9 Å². The van der Waals surface area contributed by atoms with Crippen LogP contribution < -0.4 is 10.2 Å². The SMILES string of the molecule is CC1CN(c2ccc3nc(-c4cc(F)c5nn(C)cc5c4)ncc3c2)CCN1. The highest BCUT2D eigenvalue weighted by Gasteiger charge is 2.17. The third-order valence-electron chi connectivity index (χ3n) is 5.23. The molecule has 1 atom stereocenters. The quantitative estimate of drug-likeness (QED) is 0.583. The summed E-state index contributed by atoms with van der Waals surface area (Å²) in [7, 11) is 1.78. The minimum atomic E-state index is -0.361. The number of aromatic nitrogens is 4. The molecule has 0 radical (unpaired) electrons. The highest BCUT2D eigenvalue weighted by molar-refractivity contribution is 5.86. The number of halogens is 1. The van der Waals surface area contributed by atoms with E-state index in [9.17, 15) is 4.39 Å². The molecular formula is C21H21FN6. The summed E-state index contributed by atoms with van der Waals surface area (Å²) >= 11 is 0. The lowest BCUT2D eigenvalue weighted by Gasteiger charge is -2.33. The minimum Gasteiger partial charge on any atom is -0.369 e. The second kappa shape index (κ2) is 6.53. The lowest BCUT2D eigenvalue weighted by atomic mass is 10.1. The molecule has 3 heterocycles. The van der Waals surface area contributed by atoms with Gasteiger partial charge < -0.3 is 10.2 Å². The van der Waals surface area contributed by atoms with Crippen LogP contribution in [0.3, 0.4) is 0 Å². The van der Waals surface area contributed by atoms with Gasteiger partial charge in [0.15, 0.2) is 11.6 Å². The zero-order valence-corrected chi connectivity index (χ0v) is 15.9. The van der Waals surface area contributed by atoms with Crippen molar-refractivity contribution in [1.29, 1.82) is 0 Å². The van der Waals surface area contributed by atoms with Crippen LogP contribution in [-0.2, 0) is 7.05 Å². The lowest BCUT2D eigenvalue weighted by Crippen LogP contribution is -2.49. The summed E-state index contributed by atoms with van der Waals surface area (Å²) in [6.07, 6.45) is 3.61. The average molecular weight is 376 g/mol. The summed E-state index contributed by atoms with van der Waals surface area (Å²) in [6, 6.07) is 10.0. The molecule has 1 saturated heterocycles. The van der Waals surface area contributed by atoms with Crippen molar-refractivity contribution in [3.8, 4) is 11.4 Å². The van der Waals surface area contributed by atoms with Crippen molar-refractivity contribution in [2.24, 2.45) is 7.05 Å². The van der Waals surface area contributed by atoms with Gasteiger partial charge in [-0.15, -0.1) is 0 Å². The number of hydrogen-bond donors (Lipinski definition) is 1. The maximum atomic E-state index is 14.4. The summed E-state index contributed by atoms with van der Waals surface area (Å²) in [6.45, 7) is 5.14. The van der Waals surface area contributed by atoms with Gasteiger partial charge in [0.2, 0.25) is 0 Å². The summed E-state index contributed by atoms with van der Waals surface area (Å²) in [5.74, 6) is 0.153. The monoisotopic (exact) mass is 376 g/mol. The van der Waals surface area contributed by atoms with Crippen LogP contribution in [0, 0.1) is 5.82 Å². The van der Waals surface area contributed by atoms with Gasteiger partial charge in [0.25, 0.3) is 0 Å². The molecule has 2 aromatic heterocycles. The number of aryl methyl sites for hydroxylation is 1. The van der Waals surface area contributed by atoms with Crippen molar-refractivity contribution in [3.05, 3.63) is 48.5 Å². The third-order valence-corrected chi connectivity index (χ3v) is 5.23. The van der Waals surface area contributed by atoms with Gasteiger partial charge in [0.1, 0.15) is 5.52 Å². The van der Waals surface area contributed by atoms with Crippen LogP contribution >= 0.6 is 0 Å². The van der Waals surface area contributed by atoms with E-state index in [1.807, 2.05) is 18.3 Å². The molecule has 1 aliphatic rings. The summed E-state index contributed by atoms with van der Waals surface area (Å²) in [4.78, 5) is 11.5. The molecule has 28 heavy (non-hydrogen) atoms. The number of nitrogens with one attached hydrogen (secondary N) is 1. The number of benzene rings is 2. The van der Waals surface area contributed by atoms with E-state index in [1.54, 1.807) is 17.9 Å². The lowest BCUT2D eigenvalue weighted by molar-refractivity contribution is 0.485. The molecule has 1 fully saturated rings. The van der Waals surface area contributed by atoms with E-state index in [2.05, 4.69) is 44.3 Å². The molecule has 7 heteroatoms. The van der Waals surface area contributed by atoms with Gasteiger partial charge in [-0.3, -0.25) is 4.68 Å². The Morgan fingerprint density at radius 1 is 1.18 bits per heavy atom. The molecule has 4 aromatic rings. The largest absolute Gasteiger partial charge is 0.369 e. The molecule has 6 nitrogen and oxygen atoms in total. The number of hydrogen-bond acceptors (Lipinski definition) is 5. The Morgan fingerprint density at radius 3 is 2.93 bits per heavy atom. The highest BCUT2D eigenvalue weighted by Crippen LogP contribution is 2.27. The Bertz CT molecular complexity index is 1180. The highest BCUT2D eigenvalue weighted by atomic mass is 19.1. The number of piperazine rings is 1. The molecule has 0 spiro atoms. The maximum Gasteiger partial charge on any atom is 0.159 e. The van der Waals surface area contributed by atoms with E-state index in [-0.39, 0.29) is 5.82 Å². The number of nitrogens with zero attached hydrogens (tertiary/aromatic N) is 5. The number of rotatable bonds is 2. The van der Waals surface area contributed by atoms with Crippen molar-refractivity contribution in [2.45, 2.75) is 13.0 Å². The second-order valence-corrected chi connectivity index (χ2v) is 7.44.